The van der Waals surface area contributed by atoms with Gasteiger partial charge in [0.2, 0.25) is 0 Å². The quantitative estimate of drug-likeness (QED) is 0.754. The van der Waals surface area contributed by atoms with E-state index >= 15 is 0 Å². The molecule has 1 aromatic heterocycles. The number of rotatable bonds is 4. The van der Waals surface area contributed by atoms with Gasteiger partial charge in [-0.15, -0.1) is 0 Å². The maximum absolute atomic E-state index is 13.2. The Kier molecular flexibility index (Phi) is 4.74. The average molecular weight is 356 g/mol. The molecule has 0 saturated carbocycles. The average Bonchev–Trinajstić information content (AvgIpc) is 2.97. The van der Waals surface area contributed by atoms with Crippen molar-refractivity contribution in [1.82, 2.24) is 9.78 Å². The molecular weight excluding hydrogens is 342 g/mol. The highest BCUT2D eigenvalue weighted by Crippen LogP contribution is 2.14. The van der Waals surface area contributed by atoms with Crippen LogP contribution in [0.15, 0.2) is 54.6 Å². The number of aromatic nitrogens is 2. The van der Waals surface area contributed by atoms with E-state index in [-0.39, 0.29) is 22.8 Å². The first-order chi connectivity index (χ1) is 12.4. The molecule has 8 heteroatoms. The topological polar surface area (TPSA) is 76.0 Å². The van der Waals surface area contributed by atoms with E-state index in [2.05, 4.69) is 15.7 Å². The largest absolute Gasteiger partial charge is 0.321 e. The SMILES string of the molecule is Cn1nc(C(=O)Nc2cccc(F)c2)cc1C(=O)Nc1cccc(F)c1. The van der Waals surface area contributed by atoms with Crippen LogP contribution in [0.5, 0.6) is 0 Å². The zero-order valence-corrected chi connectivity index (χ0v) is 13.7. The molecule has 0 fully saturated rings. The van der Waals surface area contributed by atoms with E-state index in [1.54, 1.807) is 0 Å². The molecule has 0 aliphatic rings. The lowest BCUT2D eigenvalue weighted by molar-refractivity contribution is 0.101. The molecule has 132 valence electrons. The summed E-state index contributed by atoms with van der Waals surface area (Å²) in [5.41, 5.74) is 0.646. The van der Waals surface area contributed by atoms with Gasteiger partial charge in [-0.25, -0.2) is 8.78 Å². The molecule has 0 bridgehead atoms. The number of anilines is 2. The lowest BCUT2D eigenvalue weighted by Crippen LogP contribution is -2.16. The summed E-state index contributed by atoms with van der Waals surface area (Å²) in [4.78, 5) is 24.5. The van der Waals surface area contributed by atoms with Crippen molar-refractivity contribution in [2.75, 3.05) is 10.6 Å². The fraction of sp³-hybridized carbons (Fsp3) is 0.0556. The van der Waals surface area contributed by atoms with Gasteiger partial charge >= 0.3 is 0 Å². The highest BCUT2D eigenvalue weighted by Gasteiger charge is 2.18. The van der Waals surface area contributed by atoms with E-state index in [4.69, 9.17) is 0 Å². The fourth-order valence-corrected chi connectivity index (χ4v) is 2.31. The molecule has 6 nitrogen and oxygen atoms in total. The molecule has 2 N–H and O–H groups in total. The standard InChI is InChI=1S/C18H14F2N4O2/c1-24-16(18(26)22-14-7-3-5-12(20)9-14)10-15(23-24)17(25)21-13-6-2-4-11(19)8-13/h2-10H,1H3,(H,21,25)(H,22,26). The number of hydrogen-bond donors (Lipinski definition) is 2. The van der Waals surface area contributed by atoms with Crippen LogP contribution < -0.4 is 10.6 Å². The summed E-state index contributed by atoms with van der Waals surface area (Å²) in [5.74, 6) is -2.10. The van der Waals surface area contributed by atoms with Crippen molar-refractivity contribution in [2.24, 2.45) is 7.05 Å². The monoisotopic (exact) mass is 356 g/mol. The highest BCUT2D eigenvalue weighted by atomic mass is 19.1. The third-order valence-corrected chi connectivity index (χ3v) is 3.51. The summed E-state index contributed by atoms with van der Waals surface area (Å²) in [6.45, 7) is 0. The molecule has 0 aliphatic heterocycles. The molecule has 3 aromatic rings. The van der Waals surface area contributed by atoms with Gasteiger partial charge in [-0.05, 0) is 36.4 Å². The number of halogens is 2. The van der Waals surface area contributed by atoms with E-state index in [0.29, 0.717) is 0 Å². The summed E-state index contributed by atoms with van der Waals surface area (Å²) < 4.78 is 27.6. The Balaban J connectivity index is 1.75. The summed E-state index contributed by atoms with van der Waals surface area (Å²) in [7, 11) is 1.50. The fourth-order valence-electron chi connectivity index (χ4n) is 2.31. The van der Waals surface area contributed by atoms with Crippen molar-refractivity contribution in [3.05, 3.63) is 77.6 Å². The molecule has 0 saturated heterocycles. The Bertz CT molecular complexity index is 985. The molecule has 0 atom stereocenters. The Morgan fingerprint density at radius 1 is 0.885 bits per heavy atom. The van der Waals surface area contributed by atoms with Crippen molar-refractivity contribution in [2.45, 2.75) is 0 Å². The molecule has 0 aliphatic carbocycles. The normalized spacial score (nSPS) is 10.4. The molecule has 0 unspecified atom stereocenters. The van der Waals surface area contributed by atoms with Gasteiger partial charge < -0.3 is 10.6 Å². The van der Waals surface area contributed by atoms with Crippen LogP contribution in [0.25, 0.3) is 0 Å². The summed E-state index contributed by atoms with van der Waals surface area (Å²) in [5, 5.41) is 9.01. The molecule has 0 radical (unpaired) electrons. The summed E-state index contributed by atoms with van der Waals surface area (Å²) >= 11 is 0. The number of amides is 2. The number of carbonyl (C=O) groups excluding carboxylic acids is 2. The number of nitrogens with one attached hydrogen (secondary N) is 2. The minimum atomic E-state index is -0.587. The third-order valence-electron chi connectivity index (χ3n) is 3.51. The highest BCUT2D eigenvalue weighted by molar-refractivity contribution is 6.07. The van der Waals surface area contributed by atoms with E-state index in [1.807, 2.05) is 0 Å². The molecule has 2 aromatic carbocycles. The number of carbonyl (C=O) groups is 2. The molecular formula is C18H14F2N4O2. The van der Waals surface area contributed by atoms with E-state index in [0.717, 1.165) is 0 Å². The van der Waals surface area contributed by atoms with Crippen molar-refractivity contribution in [3.63, 3.8) is 0 Å². The first-order valence-electron chi connectivity index (χ1n) is 7.60. The Morgan fingerprint density at radius 2 is 1.42 bits per heavy atom. The van der Waals surface area contributed by atoms with Crippen molar-refractivity contribution < 1.29 is 18.4 Å². The van der Waals surface area contributed by atoms with Crippen molar-refractivity contribution in [1.29, 1.82) is 0 Å². The lowest BCUT2D eigenvalue weighted by atomic mass is 10.2. The van der Waals surface area contributed by atoms with Crippen LogP contribution in [0.4, 0.5) is 20.2 Å². The first kappa shape index (κ1) is 17.3. The summed E-state index contributed by atoms with van der Waals surface area (Å²) in [6.07, 6.45) is 0. The molecule has 2 amide bonds. The smallest absolute Gasteiger partial charge is 0.276 e. The molecule has 0 spiro atoms. The maximum atomic E-state index is 13.2. The van der Waals surface area contributed by atoms with Crippen LogP contribution >= 0.6 is 0 Å². The second-order valence-corrected chi connectivity index (χ2v) is 5.47. The van der Waals surface area contributed by atoms with Gasteiger partial charge in [0.1, 0.15) is 17.3 Å². The Hall–Kier alpha value is -3.55. The number of nitrogens with zero attached hydrogens (tertiary/aromatic N) is 2. The van der Waals surface area contributed by atoms with Gasteiger partial charge in [0, 0.05) is 24.5 Å². The van der Waals surface area contributed by atoms with Gasteiger partial charge in [0.15, 0.2) is 5.69 Å². The zero-order chi connectivity index (χ0) is 18.7. The third kappa shape index (κ3) is 3.92. The minimum absolute atomic E-state index is 0.0128. The van der Waals surface area contributed by atoms with Crippen LogP contribution in [0.2, 0.25) is 0 Å². The van der Waals surface area contributed by atoms with Crippen LogP contribution in [0.3, 0.4) is 0 Å². The lowest BCUT2D eigenvalue weighted by Gasteiger charge is -2.04. The Labute approximate surface area is 147 Å². The maximum Gasteiger partial charge on any atom is 0.276 e. The van der Waals surface area contributed by atoms with E-state index in [9.17, 15) is 18.4 Å². The molecule has 26 heavy (non-hydrogen) atoms. The number of hydrogen-bond acceptors (Lipinski definition) is 3. The van der Waals surface area contributed by atoms with Gasteiger partial charge in [0.05, 0.1) is 0 Å². The minimum Gasteiger partial charge on any atom is -0.321 e. The predicted molar refractivity (Wildman–Crippen MR) is 91.9 cm³/mol. The van der Waals surface area contributed by atoms with Crippen LogP contribution in [0.1, 0.15) is 21.0 Å². The van der Waals surface area contributed by atoms with Gasteiger partial charge in [-0.3, -0.25) is 14.3 Å². The van der Waals surface area contributed by atoms with E-state index in [1.165, 1.54) is 66.3 Å². The second kappa shape index (κ2) is 7.14. The number of aryl methyl sites for hydroxylation is 1. The second-order valence-electron chi connectivity index (χ2n) is 5.47. The summed E-state index contributed by atoms with van der Waals surface area (Å²) in [6, 6.07) is 12.1. The van der Waals surface area contributed by atoms with Gasteiger partial charge in [0.25, 0.3) is 11.8 Å². The van der Waals surface area contributed by atoms with Crippen molar-refractivity contribution >= 4 is 23.2 Å². The first-order valence-corrected chi connectivity index (χ1v) is 7.60. The van der Waals surface area contributed by atoms with Crippen LogP contribution in [0, 0.1) is 11.6 Å². The Morgan fingerprint density at radius 3 is 1.96 bits per heavy atom. The van der Waals surface area contributed by atoms with Gasteiger partial charge in [-0.1, -0.05) is 12.1 Å². The molecule has 1 heterocycles. The molecule has 3 rings (SSSR count). The predicted octanol–water partition coefficient (Wildman–Crippen LogP) is 3.20. The van der Waals surface area contributed by atoms with Gasteiger partial charge in [-0.2, -0.15) is 5.10 Å². The number of benzene rings is 2. The van der Waals surface area contributed by atoms with E-state index < -0.39 is 23.4 Å². The van der Waals surface area contributed by atoms with Crippen LogP contribution in [-0.4, -0.2) is 21.6 Å². The van der Waals surface area contributed by atoms with Crippen LogP contribution in [-0.2, 0) is 7.05 Å². The van der Waals surface area contributed by atoms with Crippen molar-refractivity contribution in [3.8, 4) is 0 Å². The zero-order valence-electron chi connectivity index (χ0n) is 13.7.